The van der Waals surface area contributed by atoms with Crippen molar-refractivity contribution in [2.45, 2.75) is 6.92 Å². The maximum absolute atomic E-state index is 12.5. The van der Waals surface area contributed by atoms with E-state index in [2.05, 4.69) is 25.2 Å². The Bertz CT molecular complexity index is 889. The topological polar surface area (TPSA) is 74.2 Å². The zero-order valence-corrected chi connectivity index (χ0v) is 14.7. The van der Waals surface area contributed by atoms with Crippen LogP contribution in [0.1, 0.15) is 5.01 Å². The number of amides is 2. The number of thiazole rings is 1. The highest BCUT2D eigenvalue weighted by Gasteiger charge is 2.22. The minimum Gasteiger partial charge on any atom is -0.337 e. The molecule has 1 aliphatic heterocycles. The van der Waals surface area contributed by atoms with Crippen LogP contribution < -0.4 is 10.2 Å². The first kappa shape index (κ1) is 15.8. The van der Waals surface area contributed by atoms with Gasteiger partial charge in [-0.2, -0.15) is 0 Å². The van der Waals surface area contributed by atoms with Crippen molar-refractivity contribution < 1.29 is 4.79 Å². The van der Waals surface area contributed by atoms with Crippen LogP contribution in [0.15, 0.2) is 36.7 Å². The Labute approximate surface area is 149 Å². The number of hydrogen-bond acceptors (Lipinski definition) is 6. The first-order valence-corrected chi connectivity index (χ1v) is 8.96. The summed E-state index contributed by atoms with van der Waals surface area (Å²) in [6, 6.07) is 7.54. The molecule has 1 N–H and O–H groups in total. The van der Waals surface area contributed by atoms with Gasteiger partial charge in [0.2, 0.25) is 5.95 Å². The quantitative estimate of drug-likeness (QED) is 0.766. The van der Waals surface area contributed by atoms with Gasteiger partial charge < -0.3 is 15.1 Å². The average Bonchev–Trinajstić information content (AvgIpc) is 3.02. The number of benzene rings is 1. The van der Waals surface area contributed by atoms with E-state index in [0.717, 1.165) is 34.0 Å². The van der Waals surface area contributed by atoms with Crippen LogP contribution >= 0.6 is 11.3 Å². The number of aromatic nitrogens is 3. The number of piperazine rings is 1. The summed E-state index contributed by atoms with van der Waals surface area (Å²) < 4.78 is 1.08. The Morgan fingerprint density at radius 2 is 1.92 bits per heavy atom. The van der Waals surface area contributed by atoms with Crippen LogP contribution in [0.3, 0.4) is 0 Å². The van der Waals surface area contributed by atoms with Gasteiger partial charge in [-0.15, -0.1) is 11.3 Å². The van der Waals surface area contributed by atoms with Gasteiger partial charge in [-0.3, -0.25) is 0 Å². The van der Waals surface area contributed by atoms with Crippen molar-refractivity contribution >= 4 is 39.2 Å². The lowest BCUT2D eigenvalue weighted by molar-refractivity contribution is 0.208. The molecule has 2 aromatic heterocycles. The van der Waals surface area contributed by atoms with Gasteiger partial charge in [0.15, 0.2) is 0 Å². The zero-order valence-electron chi connectivity index (χ0n) is 13.8. The van der Waals surface area contributed by atoms with Gasteiger partial charge >= 0.3 is 6.03 Å². The van der Waals surface area contributed by atoms with Gasteiger partial charge in [0, 0.05) is 44.3 Å². The second kappa shape index (κ2) is 6.64. The van der Waals surface area contributed by atoms with E-state index < -0.39 is 0 Å². The molecule has 1 aromatic carbocycles. The van der Waals surface area contributed by atoms with Gasteiger partial charge in [-0.25, -0.2) is 19.7 Å². The van der Waals surface area contributed by atoms with Gasteiger partial charge in [0.05, 0.1) is 15.2 Å². The van der Waals surface area contributed by atoms with E-state index in [4.69, 9.17) is 0 Å². The van der Waals surface area contributed by atoms with Gasteiger partial charge in [0.25, 0.3) is 0 Å². The third kappa shape index (κ3) is 3.39. The standard InChI is InChI=1S/C17H18N6OS/c1-12-20-14-4-3-13(11-15(14)25-12)21-17(24)23-9-7-22(8-10-23)16-18-5-2-6-19-16/h2-6,11H,7-10H2,1H3,(H,21,24). The molecule has 7 nitrogen and oxygen atoms in total. The molecule has 1 aliphatic rings. The lowest BCUT2D eigenvalue weighted by Gasteiger charge is -2.34. The van der Waals surface area contributed by atoms with E-state index in [9.17, 15) is 4.79 Å². The largest absolute Gasteiger partial charge is 0.337 e. The fourth-order valence-corrected chi connectivity index (χ4v) is 3.75. The second-order valence-electron chi connectivity index (χ2n) is 5.87. The van der Waals surface area contributed by atoms with E-state index in [1.54, 1.807) is 29.8 Å². The number of rotatable bonds is 2. The number of urea groups is 1. The van der Waals surface area contributed by atoms with Gasteiger partial charge in [-0.05, 0) is 31.2 Å². The highest BCUT2D eigenvalue weighted by atomic mass is 32.1. The highest BCUT2D eigenvalue weighted by Crippen LogP contribution is 2.25. The number of nitrogens with one attached hydrogen (secondary N) is 1. The molecule has 4 rings (SSSR count). The number of hydrogen-bond donors (Lipinski definition) is 1. The van der Waals surface area contributed by atoms with Crippen LogP contribution in [0.2, 0.25) is 0 Å². The molecule has 25 heavy (non-hydrogen) atoms. The molecule has 0 aliphatic carbocycles. The summed E-state index contributed by atoms with van der Waals surface area (Å²) in [5.74, 6) is 0.716. The average molecular weight is 354 g/mol. The molecule has 0 saturated carbocycles. The second-order valence-corrected chi connectivity index (χ2v) is 7.10. The van der Waals surface area contributed by atoms with E-state index in [1.807, 2.05) is 30.0 Å². The van der Waals surface area contributed by atoms with E-state index in [0.29, 0.717) is 19.0 Å². The van der Waals surface area contributed by atoms with Crippen molar-refractivity contribution in [1.82, 2.24) is 19.9 Å². The van der Waals surface area contributed by atoms with Crippen LogP contribution in [-0.2, 0) is 0 Å². The van der Waals surface area contributed by atoms with Crippen molar-refractivity contribution in [2.75, 3.05) is 36.4 Å². The fourth-order valence-electron chi connectivity index (χ4n) is 2.88. The predicted octanol–water partition coefficient (Wildman–Crippen LogP) is 2.75. The monoisotopic (exact) mass is 354 g/mol. The molecule has 128 valence electrons. The molecule has 0 unspecified atom stereocenters. The maximum Gasteiger partial charge on any atom is 0.321 e. The predicted molar refractivity (Wildman–Crippen MR) is 99.2 cm³/mol. The lowest BCUT2D eigenvalue weighted by Crippen LogP contribution is -2.50. The van der Waals surface area contributed by atoms with Crippen LogP contribution in [0.25, 0.3) is 10.2 Å². The molecule has 3 heterocycles. The normalized spacial score (nSPS) is 14.8. The van der Waals surface area contributed by atoms with Crippen LogP contribution in [-0.4, -0.2) is 52.1 Å². The Hall–Kier alpha value is -2.74. The number of fused-ring (bicyclic) bond motifs is 1. The van der Waals surface area contributed by atoms with E-state index >= 15 is 0 Å². The number of carbonyl (C=O) groups excluding carboxylic acids is 1. The Balaban J connectivity index is 1.38. The number of aryl methyl sites for hydroxylation is 1. The molecule has 0 spiro atoms. The molecule has 1 fully saturated rings. The summed E-state index contributed by atoms with van der Waals surface area (Å²) in [6.07, 6.45) is 3.47. The van der Waals surface area contributed by atoms with Crippen molar-refractivity contribution in [3.63, 3.8) is 0 Å². The van der Waals surface area contributed by atoms with E-state index in [1.165, 1.54) is 0 Å². The molecule has 0 bridgehead atoms. The Morgan fingerprint density at radius 3 is 2.68 bits per heavy atom. The summed E-state index contributed by atoms with van der Waals surface area (Å²) in [5, 5.41) is 4.01. The molecule has 0 atom stereocenters. The summed E-state index contributed by atoms with van der Waals surface area (Å²) in [6.45, 7) is 4.73. The first-order chi connectivity index (χ1) is 12.2. The van der Waals surface area contributed by atoms with Crippen molar-refractivity contribution in [1.29, 1.82) is 0 Å². The first-order valence-electron chi connectivity index (χ1n) is 8.14. The minimum atomic E-state index is -0.0748. The summed E-state index contributed by atoms with van der Waals surface area (Å²) in [7, 11) is 0. The van der Waals surface area contributed by atoms with Gasteiger partial charge in [-0.1, -0.05) is 0 Å². The molecule has 2 amide bonds. The molecule has 0 radical (unpaired) electrons. The smallest absolute Gasteiger partial charge is 0.321 e. The van der Waals surface area contributed by atoms with Crippen LogP contribution in [0.5, 0.6) is 0 Å². The SMILES string of the molecule is Cc1nc2ccc(NC(=O)N3CCN(c4ncccn4)CC3)cc2s1. The summed E-state index contributed by atoms with van der Waals surface area (Å²) in [4.78, 5) is 29.4. The Kier molecular flexibility index (Phi) is 4.19. The van der Waals surface area contributed by atoms with Crippen molar-refractivity contribution in [2.24, 2.45) is 0 Å². The molecular formula is C17H18N6OS. The maximum atomic E-state index is 12.5. The Morgan fingerprint density at radius 1 is 1.16 bits per heavy atom. The highest BCUT2D eigenvalue weighted by molar-refractivity contribution is 7.18. The third-order valence-electron chi connectivity index (χ3n) is 4.15. The molecule has 1 saturated heterocycles. The molecule has 3 aromatic rings. The molecule has 8 heteroatoms. The zero-order chi connectivity index (χ0) is 17.2. The third-order valence-corrected chi connectivity index (χ3v) is 5.08. The summed E-state index contributed by atoms with van der Waals surface area (Å²) >= 11 is 1.63. The minimum absolute atomic E-state index is 0.0748. The fraction of sp³-hybridized carbons (Fsp3) is 0.294. The van der Waals surface area contributed by atoms with E-state index in [-0.39, 0.29) is 6.03 Å². The summed E-state index contributed by atoms with van der Waals surface area (Å²) in [5.41, 5.74) is 1.77. The van der Waals surface area contributed by atoms with Gasteiger partial charge in [0.1, 0.15) is 0 Å². The lowest BCUT2D eigenvalue weighted by atomic mass is 10.3. The van der Waals surface area contributed by atoms with Crippen molar-refractivity contribution in [3.05, 3.63) is 41.7 Å². The number of anilines is 2. The number of nitrogens with zero attached hydrogens (tertiary/aromatic N) is 5. The van der Waals surface area contributed by atoms with Crippen LogP contribution in [0.4, 0.5) is 16.4 Å². The number of carbonyl (C=O) groups is 1. The molecular weight excluding hydrogens is 336 g/mol. The van der Waals surface area contributed by atoms with Crippen LogP contribution in [0, 0.1) is 6.92 Å². The van der Waals surface area contributed by atoms with Crippen molar-refractivity contribution in [3.8, 4) is 0 Å².